The Hall–Kier alpha value is -2.19. The number of benzene rings is 1. The van der Waals surface area contributed by atoms with Crippen molar-refractivity contribution in [2.75, 3.05) is 6.54 Å². The van der Waals surface area contributed by atoms with Gasteiger partial charge < -0.3 is 11.5 Å². The molecule has 0 fully saturated rings. The van der Waals surface area contributed by atoms with Crippen LogP contribution >= 0.6 is 0 Å². The van der Waals surface area contributed by atoms with E-state index < -0.39 is 16.1 Å². The van der Waals surface area contributed by atoms with Gasteiger partial charge in [-0.2, -0.15) is 0 Å². The van der Waals surface area contributed by atoms with E-state index >= 15 is 0 Å². The summed E-state index contributed by atoms with van der Waals surface area (Å²) in [5, 5.41) is 1.39. The van der Waals surface area contributed by atoms with Gasteiger partial charge in [-0.05, 0) is 18.1 Å². The first-order valence-corrected chi connectivity index (χ1v) is 8.70. The molecule has 1 unspecified atom stereocenters. The van der Waals surface area contributed by atoms with Crippen LogP contribution in [-0.2, 0) is 10.0 Å². The number of pyridine rings is 1. The van der Waals surface area contributed by atoms with Crippen LogP contribution in [0.5, 0.6) is 0 Å². The lowest BCUT2D eigenvalue weighted by Gasteiger charge is -2.21. The summed E-state index contributed by atoms with van der Waals surface area (Å²) in [5.41, 5.74) is 10.7. The Bertz CT molecular complexity index is 808. The van der Waals surface area contributed by atoms with E-state index in [0.717, 1.165) is 5.39 Å². The molecule has 0 bridgehead atoms. The van der Waals surface area contributed by atoms with E-state index in [1.807, 2.05) is 19.9 Å². The summed E-state index contributed by atoms with van der Waals surface area (Å²) >= 11 is 0. The molecule has 1 aromatic carbocycles. The minimum absolute atomic E-state index is 0.0320. The third-order valence-electron chi connectivity index (χ3n) is 3.51. The largest absolute Gasteiger partial charge is 0.370 e. The fourth-order valence-corrected chi connectivity index (χ4v) is 3.78. The lowest BCUT2D eigenvalue weighted by Crippen LogP contribution is -2.41. The number of hydrogen-bond donors (Lipinski definition) is 3. The number of hydrogen-bond acceptors (Lipinski definition) is 4. The van der Waals surface area contributed by atoms with Gasteiger partial charge in [-0.15, -0.1) is 0 Å². The van der Waals surface area contributed by atoms with Crippen molar-refractivity contribution < 1.29 is 8.42 Å². The molecular formula is C15H21N5O2S. The number of aromatic nitrogens is 1. The van der Waals surface area contributed by atoms with Gasteiger partial charge in [0.25, 0.3) is 0 Å². The molecule has 0 amide bonds. The van der Waals surface area contributed by atoms with Crippen LogP contribution in [0.2, 0.25) is 0 Å². The van der Waals surface area contributed by atoms with Crippen LogP contribution in [-0.4, -0.2) is 31.9 Å². The van der Waals surface area contributed by atoms with Gasteiger partial charge in [-0.25, -0.2) is 13.1 Å². The van der Waals surface area contributed by atoms with Crippen molar-refractivity contribution in [3.05, 3.63) is 36.7 Å². The second kappa shape index (κ2) is 6.93. The first-order valence-electron chi connectivity index (χ1n) is 7.21. The predicted octanol–water partition coefficient (Wildman–Crippen LogP) is 0.811. The second-order valence-electron chi connectivity index (χ2n) is 5.59. The Kier molecular flexibility index (Phi) is 5.17. The summed E-state index contributed by atoms with van der Waals surface area (Å²) in [6.45, 7) is 4.00. The van der Waals surface area contributed by atoms with Crippen molar-refractivity contribution in [3.8, 4) is 0 Å². The molecule has 0 spiro atoms. The highest BCUT2D eigenvalue weighted by Crippen LogP contribution is 2.22. The van der Waals surface area contributed by atoms with Crippen molar-refractivity contribution in [2.45, 2.75) is 24.8 Å². The second-order valence-corrected chi connectivity index (χ2v) is 7.27. The Morgan fingerprint density at radius 1 is 1.30 bits per heavy atom. The third-order valence-corrected chi connectivity index (χ3v) is 5.06. The molecule has 0 radical (unpaired) electrons. The Balaban J connectivity index is 2.38. The van der Waals surface area contributed by atoms with E-state index in [0.29, 0.717) is 5.39 Å². The SMILES string of the molecule is CC(C)C(CN=C(N)N)NS(=O)(=O)c1cccc2cnccc12. The quantitative estimate of drug-likeness (QED) is 0.532. The highest BCUT2D eigenvalue weighted by Gasteiger charge is 2.23. The van der Waals surface area contributed by atoms with Crippen molar-refractivity contribution in [1.29, 1.82) is 0 Å². The zero-order valence-corrected chi connectivity index (χ0v) is 13.9. The molecule has 8 heteroatoms. The Labute approximate surface area is 135 Å². The fourth-order valence-electron chi connectivity index (χ4n) is 2.18. The van der Waals surface area contributed by atoms with Crippen LogP contribution < -0.4 is 16.2 Å². The molecule has 5 N–H and O–H groups in total. The van der Waals surface area contributed by atoms with Crippen molar-refractivity contribution >= 4 is 26.8 Å². The number of guanidine groups is 1. The van der Waals surface area contributed by atoms with Gasteiger partial charge in [0, 0.05) is 29.2 Å². The molecule has 23 heavy (non-hydrogen) atoms. The van der Waals surface area contributed by atoms with Gasteiger partial charge in [0.1, 0.15) is 0 Å². The molecule has 0 aliphatic heterocycles. The normalized spacial score (nSPS) is 13.2. The van der Waals surface area contributed by atoms with Crippen LogP contribution in [0.1, 0.15) is 13.8 Å². The van der Waals surface area contributed by atoms with E-state index in [2.05, 4.69) is 14.7 Å². The molecule has 1 atom stereocenters. The van der Waals surface area contributed by atoms with Crippen molar-refractivity contribution in [2.24, 2.45) is 22.4 Å². The number of aliphatic imine (C=N–C) groups is 1. The summed E-state index contributed by atoms with van der Waals surface area (Å²) in [7, 11) is -3.71. The minimum Gasteiger partial charge on any atom is -0.370 e. The van der Waals surface area contributed by atoms with Gasteiger partial charge in [0.05, 0.1) is 11.4 Å². The summed E-state index contributed by atoms with van der Waals surface area (Å²) in [6.07, 6.45) is 3.20. The lowest BCUT2D eigenvalue weighted by molar-refractivity contribution is 0.455. The highest BCUT2D eigenvalue weighted by molar-refractivity contribution is 7.89. The maximum Gasteiger partial charge on any atom is 0.241 e. The average Bonchev–Trinajstić information content (AvgIpc) is 2.50. The summed E-state index contributed by atoms with van der Waals surface area (Å²) in [4.78, 5) is 8.15. The smallest absolute Gasteiger partial charge is 0.241 e. The van der Waals surface area contributed by atoms with Crippen LogP contribution in [0.4, 0.5) is 0 Å². The van der Waals surface area contributed by atoms with Gasteiger partial charge >= 0.3 is 0 Å². The first kappa shape index (κ1) is 17.2. The number of fused-ring (bicyclic) bond motifs is 1. The monoisotopic (exact) mass is 335 g/mol. The van der Waals surface area contributed by atoms with Gasteiger partial charge in [-0.1, -0.05) is 26.0 Å². The highest BCUT2D eigenvalue weighted by atomic mass is 32.2. The van der Waals surface area contributed by atoms with E-state index in [4.69, 9.17) is 11.5 Å². The topological polar surface area (TPSA) is 123 Å². The van der Waals surface area contributed by atoms with Crippen LogP contribution in [0.25, 0.3) is 10.8 Å². The van der Waals surface area contributed by atoms with Gasteiger partial charge in [-0.3, -0.25) is 9.98 Å². The average molecular weight is 335 g/mol. The van der Waals surface area contributed by atoms with Crippen molar-refractivity contribution in [1.82, 2.24) is 9.71 Å². The molecular weight excluding hydrogens is 314 g/mol. The van der Waals surface area contributed by atoms with Crippen molar-refractivity contribution in [3.63, 3.8) is 0 Å². The molecule has 2 rings (SSSR count). The molecule has 0 aliphatic rings. The number of nitrogens with two attached hydrogens (primary N) is 2. The molecule has 124 valence electrons. The summed E-state index contributed by atoms with van der Waals surface area (Å²) in [6, 6.07) is 6.37. The molecule has 7 nitrogen and oxygen atoms in total. The Morgan fingerprint density at radius 2 is 2.04 bits per heavy atom. The number of sulfonamides is 1. The fraction of sp³-hybridized carbons (Fsp3) is 0.333. The van der Waals surface area contributed by atoms with E-state index in [9.17, 15) is 8.42 Å². The minimum atomic E-state index is -3.71. The predicted molar refractivity (Wildman–Crippen MR) is 91.4 cm³/mol. The van der Waals surface area contributed by atoms with Crippen LogP contribution in [0.3, 0.4) is 0 Å². The zero-order valence-electron chi connectivity index (χ0n) is 13.1. The number of nitrogens with zero attached hydrogens (tertiary/aromatic N) is 2. The van der Waals surface area contributed by atoms with E-state index in [1.54, 1.807) is 30.6 Å². The van der Waals surface area contributed by atoms with Crippen LogP contribution in [0.15, 0.2) is 46.5 Å². The summed E-state index contributed by atoms with van der Waals surface area (Å²) < 4.78 is 28.2. The van der Waals surface area contributed by atoms with Gasteiger partial charge in [0.2, 0.25) is 10.0 Å². The maximum absolute atomic E-state index is 12.8. The standard InChI is InChI=1S/C15H21N5O2S/c1-10(2)13(9-19-15(16)17)20-23(21,22)14-5-3-4-11-8-18-7-6-12(11)14/h3-8,10,13,20H,9H2,1-2H3,(H4,16,17,19). The van der Waals surface area contributed by atoms with Gasteiger partial charge in [0.15, 0.2) is 5.96 Å². The number of nitrogens with one attached hydrogen (secondary N) is 1. The zero-order chi connectivity index (χ0) is 17.0. The van der Waals surface area contributed by atoms with E-state index in [-0.39, 0.29) is 23.3 Å². The molecule has 1 heterocycles. The number of rotatable bonds is 6. The Morgan fingerprint density at radius 3 is 2.70 bits per heavy atom. The van der Waals surface area contributed by atoms with E-state index in [1.165, 1.54) is 0 Å². The molecule has 0 aliphatic carbocycles. The first-order chi connectivity index (χ1) is 10.8. The lowest BCUT2D eigenvalue weighted by atomic mass is 10.1. The molecule has 2 aromatic rings. The summed E-state index contributed by atoms with van der Waals surface area (Å²) in [5.74, 6) is -0.0319. The van der Waals surface area contributed by atoms with Crippen LogP contribution in [0, 0.1) is 5.92 Å². The third kappa shape index (κ3) is 4.17. The molecule has 0 saturated carbocycles. The molecule has 0 saturated heterocycles. The maximum atomic E-state index is 12.8. The molecule has 1 aromatic heterocycles.